The molecule has 11 heteroatoms. The van der Waals surface area contributed by atoms with E-state index in [2.05, 4.69) is 15.0 Å². The fraction of sp³-hybridized carbons (Fsp3) is 0.538. The first kappa shape index (κ1) is 19.7. The van der Waals surface area contributed by atoms with Crippen molar-refractivity contribution in [2.24, 2.45) is 0 Å². The Balaban J connectivity index is 0.00000288. The summed E-state index contributed by atoms with van der Waals surface area (Å²) in [4.78, 5) is 36.7. The monoisotopic (exact) mass is 362 g/mol. The molecular weight excluding hydrogens is 344 g/mol. The summed E-state index contributed by atoms with van der Waals surface area (Å²) in [7, 11) is 1.35. The summed E-state index contributed by atoms with van der Waals surface area (Å²) in [5.41, 5.74) is 0. The minimum Gasteiger partial charge on any atom is -0.453 e. The van der Waals surface area contributed by atoms with Crippen LogP contribution in [0.5, 0.6) is 0 Å². The molecule has 0 aliphatic carbocycles. The summed E-state index contributed by atoms with van der Waals surface area (Å²) < 4.78 is 9.48. The number of hydrogen-bond donors (Lipinski definition) is 1. The predicted octanol–water partition coefficient (Wildman–Crippen LogP) is 0.723. The van der Waals surface area contributed by atoms with E-state index in [1.54, 1.807) is 4.90 Å². The maximum atomic E-state index is 11.8. The van der Waals surface area contributed by atoms with Crippen LogP contribution in [0.15, 0.2) is 16.5 Å². The molecule has 1 aromatic rings. The number of piperazine rings is 1. The second kappa shape index (κ2) is 9.08. The van der Waals surface area contributed by atoms with E-state index in [-0.39, 0.29) is 24.3 Å². The van der Waals surface area contributed by atoms with Crippen LogP contribution >= 0.6 is 12.4 Å². The van der Waals surface area contributed by atoms with Gasteiger partial charge < -0.3 is 19.4 Å². The maximum Gasteiger partial charge on any atom is 0.433 e. The lowest BCUT2D eigenvalue weighted by molar-refractivity contribution is -0.402. The molecule has 2 amide bonds. The van der Waals surface area contributed by atoms with Crippen molar-refractivity contribution in [3.8, 4) is 0 Å². The number of hydrogen-bond acceptors (Lipinski definition) is 7. The van der Waals surface area contributed by atoms with Gasteiger partial charge in [-0.1, -0.05) is 0 Å². The lowest BCUT2D eigenvalue weighted by atomic mass is 10.3. The third kappa shape index (κ3) is 5.10. The lowest BCUT2D eigenvalue weighted by Gasteiger charge is -2.33. The summed E-state index contributed by atoms with van der Waals surface area (Å²) in [5, 5.41) is 13.1. The first-order valence-electron chi connectivity index (χ1n) is 7.09. The molecule has 0 saturated carbocycles. The van der Waals surface area contributed by atoms with E-state index < -0.39 is 16.7 Å². The van der Waals surface area contributed by atoms with Gasteiger partial charge in [0.1, 0.15) is 4.92 Å². The summed E-state index contributed by atoms with van der Waals surface area (Å²) in [6, 6.07) is 2.41. The Bertz CT molecular complexity index is 585. The SMILES string of the molecule is COC(=O)N1CCN(CCNC(=O)c2ccc([N+](=O)[O-])o2)CC1.Cl. The normalized spacial score (nSPS) is 14.6. The Hall–Kier alpha value is -2.33. The quantitative estimate of drug-likeness (QED) is 0.605. The average Bonchev–Trinajstić information content (AvgIpc) is 3.05. The molecule has 10 nitrogen and oxygen atoms in total. The third-order valence-corrected chi connectivity index (χ3v) is 3.51. The molecule has 1 aliphatic rings. The molecule has 0 atom stereocenters. The van der Waals surface area contributed by atoms with Crippen molar-refractivity contribution in [1.29, 1.82) is 0 Å². The molecule has 2 heterocycles. The van der Waals surface area contributed by atoms with E-state index in [9.17, 15) is 19.7 Å². The van der Waals surface area contributed by atoms with Gasteiger partial charge in [-0.2, -0.15) is 0 Å². The molecule has 134 valence electrons. The summed E-state index contributed by atoms with van der Waals surface area (Å²) in [6.45, 7) is 3.53. The van der Waals surface area contributed by atoms with Crippen molar-refractivity contribution in [3.63, 3.8) is 0 Å². The first-order chi connectivity index (χ1) is 11.0. The highest BCUT2D eigenvalue weighted by Gasteiger charge is 2.21. The zero-order valence-electron chi connectivity index (χ0n) is 13.1. The first-order valence-corrected chi connectivity index (χ1v) is 7.09. The van der Waals surface area contributed by atoms with Gasteiger partial charge in [0.15, 0.2) is 5.76 Å². The number of furan rings is 1. The van der Waals surface area contributed by atoms with Crippen LogP contribution in [0.1, 0.15) is 10.6 Å². The van der Waals surface area contributed by atoms with Crippen molar-refractivity contribution < 1.29 is 23.7 Å². The zero-order chi connectivity index (χ0) is 16.8. The van der Waals surface area contributed by atoms with Gasteiger partial charge in [0.25, 0.3) is 5.91 Å². The Morgan fingerprint density at radius 1 is 1.33 bits per heavy atom. The molecule has 0 unspecified atom stereocenters. The van der Waals surface area contributed by atoms with Crippen molar-refractivity contribution >= 4 is 30.3 Å². The minimum atomic E-state index is -0.697. The smallest absolute Gasteiger partial charge is 0.433 e. The number of amides is 2. The van der Waals surface area contributed by atoms with E-state index >= 15 is 0 Å². The second-order valence-corrected chi connectivity index (χ2v) is 4.95. The van der Waals surface area contributed by atoms with Crippen LogP contribution in [0.2, 0.25) is 0 Å². The van der Waals surface area contributed by atoms with Gasteiger partial charge >= 0.3 is 12.0 Å². The number of carbonyl (C=O) groups is 2. The summed E-state index contributed by atoms with van der Waals surface area (Å²) >= 11 is 0. The van der Waals surface area contributed by atoms with Gasteiger partial charge in [0.2, 0.25) is 0 Å². The Kier molecular flexibility index (Phi) is 7.46. The highest BCUT2D eigenvalue weighted by atomic mass is 35.5. The number of ether oxygens (including phenoxy) is 1. The number of methoxy groups -OCH3 is 1. The summed E-state index contributed by atoms with van der Waals surface area (Å²) in [5.74, 6) is -1.05. The van der Waals surface area contributed by atoms with Crippen LogP contribution in [0.3, 0.4) is 0 Å². The molecule has 24 heavy (non-hydrogen) atoms. The van der Waals surface area contributed by atoms with Crippen LogP contribution in [0.4, 0.5) is 10.7 Å². The van der Waals surface area contributed by atoms with Crippen LogP contribution in [0, 0.1) is 10.1 Å². The fourth-order valence-corrected chi connectivity index (χ4v) is 2.25. The van der Waals surface area contributed by atoms with Gasteiger partial charge in [-0.3, -0.25) is 19.8 Å². The van der Waals surface area contributed by atoms with Crippen LogP contribution in [0.25, 0.3) is 0 Å². The maximum absolute atomic E-state index is 11.8. The van der Waals surface area contributed by atoms with Gasteiger partial charge in [-0.15, -0.1) is 12.4 Å². The predicted molar refractivity (Wildman–Crippen MR) is 85.4 cm³/mol. The van der Waals surface area contributed by atoms with Gasteiger partial charge in [-0.25, -0.2) is 4.79 Å². The van der Waals surface area contributed by atoms with E-state index in [0.717, 1.165) is 6.07 Å². The second-order valence-electron chi connectivity index (χ2n) is 4.95. The minimum absolute atomic E-state index is 0. The molecule has 0 spiro atoms. The van der Waals surface area contributed by atoms with Gasteiger partial charge in [0.05, 0.1) is 13.2 Å². The molecule has 1 N–H and O–H groups in total. The Morgan fingerprint density at radius 2 is 2.00 bits per heavy atom. The fourth-order valence-electron chi connectivity index (χ4n) is 2.25. The van der Waals surface area contributed by atoms with E-state index in [1.165, 1.54) is 13.2 Å². The molecule has 0 bridgehead atoms. The van der Waals surface area contributed by atoms with Crippen molar-refractivity contribution in [1.82, 2.24) is 15.1 Å². The van der Waals surface area contributed by atoms with Gasteiger partial charge in [-0.05, 0) is 6.07 Å². The highest BCUT2D eigenvalue weighted by Crippen LogP contribution is 2.15. The van der Waals surface area contributed by atoms with E-state index in [1.807, 2.05) is 0 Å². The Morgan fingerprint density at radius 3 is 2.54 bits per heavy atom. The molecule has 0 radical (unpaired) electrons. The number of halogens is 1. The Labute approximate surface area is 144 Å². The standard InChI is InChI=1S/C13H18N4O6.ClH/c1-22-13(19)16-8-6-15(7-9-16)5-4-14-12(18)10-2-3-11(23-10)17(20)21;/h2-3H,4-9H2,1H3,(H,14,18);1H. The van der Waals surface area contributed by atoms with Crippen molar-refractivity contribution in [3.05, 3.63) is 28.0 Å². The average molecular weight is 363 g/mol. The number of nitrogens with one attached hydrogen (secondary N) is 1. The number of rotatable bonds is 5. The largest absolute Gasteiger partial charge is 0.453 e. The lowest BCUT2D eigenvalue weighted by Crippen LogP contribution is -2.50. The molecule has 2 rings (SSSR count). The van der Waals surface area contributed by atoms with Gasteiger partial charge in [0, 0.05) is 39.3 Å². The molecule has 1 aliphatic heterocycles. The van der Waals surface area contributed by atoms with Crippen LogP contribution < -0.4 is 5.32 Å². The van der Waals surface area contributed by atoms with E-state index in [4.69, 9.17) is 4.42 Å². The van der Waals surface area contributed by atoms with Crippen LogP contribution in [-0.2, 0) is 4.74 Å². The number of nitro groups is 1. The van der Waals surface area contributed by atoms with Crippen molar-refractivity contribution in [2.45, 2.75) is 0 Å². The van der Waals surface area contributed by atoms with E-state index in [0.29, 0.717) is 39.3 Å². The number of carbonyl (C=O) groups excluding carboxylic acids is 2. The zero-order valence-corrected chi connectivity index (χ0v) is 13.9. The molecule has 1 fully saturated rings. The topological polar surface area (TPSA) is 118 Å². The highest BCUT2D eigenvalue weighted by molar-refractivity contribution is 5.91. The molecular formula is C13H19ClN4O6. The molecule has 1 aromatic heterocycles. The molecule has 1 saturated heterocycles. The third-order valence-electron chi connectivity index (χ3n) is 3.51. The van der Waals surface area contributed by atoms with Crippen LogP contribution in [-0.4, -0.2) is 73.1 Å². The number of nitrogens with zero attached hydrogens (tertiary/aromatic N) is 3. The molecule has 0 aromatic carbocycles. The van der Waals surface area contributed by atoms with Crippen molar-refractivity contribution in [2.75, 3.05) is 46.4 Å². The summed E-state index contributed by atoms with van der Waals surface area (Å²) in [6.07, 6.45) is -0.336.